The van der Waals surface area contributed by atoms with Crippen LogP contribution in [0.4, 0.5) is 0 Å². The van der Waals surface area contributed by atoms with Gasteiger partial charge in [0.25, 0.3) is 0 Å². The minimum Gasteiger partial charge on any atom is -0.497 e. The van der Waals surface area contributed by atoms with Gasteiger partial charge in [-0.25, -0.2) is 0 Å². The molecule has 0 atom stereocenters. The molecule has 3 heteroatoms. The van der Waals surface area contributed by atoms with Crippen LogP contribution in [0.2, 0.25) is 0 Å². The van der Waals surface area contributed by atoms with Crippen molar-refractivity contribution in [1.29, 1.82) is 0 Å². The quantitative estimate of drug-likeness (QED) is 0.777. The number of benzene rings is 1. The van der Waals surface area contributed by atoms with Crippen molar-refractivity contribution in [3.8, 4) is 5.75 Å². The molecule has 1 fully saturated rings. The zero-order valence-corrected chi connectivity index (χ0v) is 13.1. The minimum atomic E-state index is 0.0729. The molecule has 0 aromatic heterocycles. The Kier molecular flexibility index (Phi) is 3.09. The molecule has 0 unspecified atom stereocenters. The molecular weight excluding hydrogens is 292 g/mol. The Morgan fingerprint density at radius 2 is 1.78 bits per heavy atom. The fraction of sp³-hybridized carbons (Fsp3) is 0.533. The molecular formula is C15H19BrO2. The second kappa shape index (κ2) is 4.09. The van der Waals surface area contributed by atoms with Crippen LogP contribution in [0.1, 0.15) is 38.1 Å². The van der Waals surface area contributed by atoms with Crippen molar-refractivity contribution in [2.75, 3.05) is 7.11 Å². The van der Waals surface area contributed by atoms with Crippen molar-refractivity contribution in [3.63, 3.8) is 0 Å². The first kappa shape index (κ1) is 13.6. The second-order valence-corrected chi connectivity index (χ2v) is 6.94. The van der Waals surface area contributed by atoms with Crippen LogP contribution < -0.4 is 4.74 Å². The maximum Gasteiger partial charge on any atom is 0.168 e. The highest BCUT2D eigenvalue weighted by Crippen LogP contribution is 2.69. The Hall–Kier alpha value is -0.830. The average Bonchev–Trinajstić information content (AvgIpc) is 2.68. The van der Waals surface area contributed by atoms with E-state index in [0.717, 1.165) is 15.8 Å². The summed E-state index contributed by atoms with van der Waals surface area (Å²) < 4.78 is 5.96. The number of rotatable bonds is 3. The molecule has 0 spiro atoms. The molecule has 0 aliphatic heterocycles. The van der Waals surface area contributed by atoms with Crippen LogP contribution >= 0.6 is 15.9 Å². The van der Waals surface area contributed by atoms with Crippen molar-refractivity contribution in [1.82, 2.24) is 0 Å². The van der Waals surface area contributed by atoms with Crippen molar-refractivity contribution in [3.05, 3.63) is 28.2 Å². The highest BCUT2D eigenvalue weighted by atomic mass is 79.9. The van der Waals surface area contributed by atoms with Crippen molar-refractivity contribution < 1.29 is 9.53 Å². The fourth-order valence-corrected chi connectivity index (χ4v) is 3.38. The van der Waals surface area contributed by atoms with E-state index in [9.17, 15) is 4.79 Å². The Balaban J connectivity index is 2.32. The zero-order chi connectivity index (χ0) is 13.7. The predicted molar refractivity (Wildman–Crippen MR) is 76.1 cm³/mol. The molecule has 0 bridgehead atoms. The van der Waals surface area contributed by atoms with Gasteiger partial charge in [0.15, 0.2) is 5.78 Å². The van der Waals surface area contributed by atoms with E-state index >= 15 is 0 Å². The van der Waals surface area contributed by atoms with Crippen LogP contribution in [0.25, 0.3) is 0 Å². The zero-order valence-electron chi connectivity index (χ0n) is 11.5. The summed E-state index contributed by atoms with van der Waals surface area (Å²) in [6, 6.07) is 5.52. The largest absolute Gasteiger partial charge is 0.497 e. The van der Waals surface area contributed by atoms with Gasteiger partial charge in [-0.05, 0) is 45.0 Å². The number of hydrogen-bond donors (Lipinski definition) is 0. The molecule has 2 nitrogen and oxygen atoms in total. The van der Waals surface area contributed by atoms with Gasteiger partial charge in [0.1, 0.15) is 5.75 Å². The molecule has 1 aromatic carbocycles. The first-order valence-electron chi connectivity index (χ1n) is 6.11. The van der Waals surface area contributed by atoms with Gasteiger partial charge in [-0.15, -0.1) is 0 Å². The lowest BCUT2D eigenvalue weighted by molar-refractivity contribution is 0.0944. The lowest BCUT2D eigenvalue weighted by Gasteiger charge is -2.07. The first-order chi connectivity index (χ1) is 8.23. The van der Waals surface area contributed by atoms with Crippen LogP contribution in [-0.2, 0) is 0 Å². The molecule has 1 aliphatic rings. The lowest BCUT2D eigenvalue weighted by Crippen LogP contribution is -2.08. The molecule has 0 radical (unpaired) electrons. The SMILES string of the molecule is COc1ccc(C(=O)C2C(C)(C)C2(C)C)c(Br)c1. The summed E-state index contributed by atoms with van der Waals surface area (Å²) in [6.07, 6.45) is 0. The summed E-state index contributed by atoms with van der Waals surface area (Å²) in [5, 5.41) is 0. The van der Waals surface area contributed by atoms with E-state index < -0.39 is 0 Å². The predicted octanol–water partition coefficient (Wildman–Crippen LogP) is 4.32. The van der Waals surface area contributed by atoms with Gasteiger partial charge in [0, 0.05) is 16.0 Å². The molecule has 2 rings (SSSR count). The van der Waals surface area contributed by atoms with Crippen LogP contribution in [0.5, 0.6) is 5.75 Å². The molecule has 0 N–H and O–H groups in total. The van der Waals surface area contributed by atoms with Crippen LogP contribution in [0.3, 0.4) is 0 Å². The average molecular weight is 311 g/mol. The Morgan fingerprint density at radius 3 is 2.17 bits per heavy atom. The van der Waals surface area contributed by atoms with E-state index in [1.807, 2.05) is 18.2 Å². The van der Waals surface area contributed by atoms with Crippen LogP contribution in [0.15, 0.2) is 22.7 Å². The van der Waals surface area contributed by atoms with Gasteiger partial charge in [0.05, 0.1) is 7.11 Å². The third-order valence-corrected chi connectivity index (χ3v) is 5.38. The topological polar surface area (TPSA) is 26.3 Å². The molecule has 1 saturated carbocycles. The number of ketones is 1. The molecule has 0 saturated heterocycles. The smallest absolute Gasteiger partial charge is 0.168 e. The Morgan fingerprint density at radius 1 is 1.22 bits per heavy atom. The van der Waals surface area contributed by atoms with E-state index in [0.29, 0.717) is 0 Å². The number of halogens is 1. The number of methoxy groups -OCH3 is 1. The van der Waals surface area contributed by atoms with Gasteiger partial charge in [-0.1, -0.05) is 27.7 Å². The summed E-state index contributed by atoms with van der Waals surface area (Å²) in [5.41, 5.74) is 0.895. The van der Waals surface area contributed by atoms with Gasteiger partial charge < -0.3 is 4.74 Å². The maximum absolute atomic E-state index is 12.6. The van der Waals surface area contributed by atoms with Crippen LogP contribution in [-0.4, -0.2) is 12.9 Å². The number of carbonyl (C=O) groups excluding carboxylic acids is 1. The summed E-state index contributed by atoms with van der Waals surface area (Å²) in [7, 11) is 1.62. The Labute approximate surface area is 117 Å². The number of hydrogen-bond acceptors (Lipinski definition) is 2. The first-order valence-corrected chi connectivity index (χ1v) is 6.90. The molecule has 1 aromatic rings. The monoisotopic (exact) mass is 310 g/mol. The summed E-state index contributed by atoms with van der Waals surface area (Å²) in [6.45, 7) is 8.64. The van der Waals surface area contributed by atoms with Crippen molar-refractivity contribution in [2.45, 2.75) is 27.7 Å². The Bertz CT molecular complexity index is 489. The van der Waals surface area contributed by atoms with Crippen molar-refractivity contribution in [2.24, 2.45) is 16.7 Å². The number of Topliss-reactive ketones (excluding diaryl/α,β-unsaturated/α-hetero) is 1. The number of carbonyl (C=O) groups is 1. The fourth-order valence-electron chi connectivity index (χ4n) is 2.83. The summed E-state index contributed by atoms with van der Waals surface area (Å²) in [5.74, 6) is 1.07. The van der Waals surface area contributed by atoms with Gasteiger partial charge >= 0.3 is 0 Å². The lowest BCUT2D eigenvalue weighted by atomic mass is 10.0. The normalized spacial score (nSPS) is 20.6. The van der Waals surface area contributed by atoms with E-state index in [-0.39, 0.29) is 22.5 Å². The van der Waals surface area contributed by atoms with E-state index in [4.69, 9.17) is 4.74 Å². The molecule has 18 heavy (non-hydrogen) atoms. The van der Waals surface area contributed by atoms with E-state index in [1.165, 1.54) is 0 Å². The van der Waals surface area contributed by atoms with Gasteiger partial charge in [-0.3, -0.25) is 4.79 Å². The number of ether oxygens (including phenoxy) is 1. The standard InChI is InChI=1S/C15H19BrO2/c1-14(2)13(15(14,3)4)12(17)10-7-6-9(18-5)8-11(10)16/h6-8,13H,1-5H3. The summed E-state index contributed by atoms with van der Waals surface area (Å²) >= 11 is 3.46. The summed E-state index contributed by atoms with van der Waals surface area (Å²) in [4.78, 5) is 12.6. The molecule has 98 valence electrons. The van der Waals surface area contributed by atoms with Crippen LogP contribution in [0, 0.1) is 16.7 Å². The highest BCUT2D eigenvalue weighted by Gasteiger charge is 2.67. The molecule has 0 amide bonds. The third kappa shape index (κ3) is 1.80. The second-order valence-electron chi connectivity index (χ2n) is 6.09. The maximum atomic E-state index is 12.6. The minimum absolute atomic E-state index is 0.0729. The van der Waals surface area contributed by atoms with Gasteiger partial charge in [-0.2, -0.15) is 0 Å². The molecule has 1 aliphatic carbocycles. The van der Waals surface area contributed by atoms with E-state index in [1.54, 1.807) is 7.11 Å². The van der Waals surface area contributed by atoms with E-state index in [2.05, 4.69) is 43.6 Å². The highest BCUT2D eigenvalue weighted by molar-refractivity contribution is 9.10. The molecule has 0 heterocycles. The van der Waals surface area contributed by atoms with Crippen molar-refractivity contribution >= 4 is 21.7 Å². The third-order valence-electron chi connectivity index (χ3n) is 4.72. The van der Waals surface area contributed by atoms with Gasteiger partial charge in [0.2, 0.25) is 0 Å².